The van der Waals surface area contributed by atoms with E-state index >= 15 is 0 Å². The van der Waals surface area contributed by atoms with Crippen LogP contribution in [-0.4, -0.2) is 47.3 Å². The van der Waals surface area contributed by atoms with Crippen molar-refractivity contribution in [2.75, 3.05) is 26.7 Å². The van der Waals surface area contributed by atoms with E-state index in [-0.39, 0.29) is 0 Å². The minimum Gasteiger partial charge on any atom is -0.356 e. The lowest BCUT2D eigenvalue weighted by molar-refractivity contribution is 0.460. The largest absolute Gasteiger partial charge is 0.356 e. The Morgan fingerprint density at radius 3 is 2.65 bits per heavy atom. The zero-order chi connectivity index (χ0) is 18.4. The number of aryl methyl sites for hydroxylation is 2. The predicted octanol–water partition coefficient (Wildman–Crippen LogP) is 2.67. The van der Waals surface area contributed by atoms with Gasteiger partial charge in [-0.15, -0.1) is 0 Å². The number of benzene rings is 1. The van der Waals surface area contributed by atoms with Crippen molar-refractivity contribution in [1.29, 1.82) is 0 Å². The van der Waals surface area contributed by atoms with Crippen molar-refractivity contribution in [3.8, 4) is 0 Å². The Labute approximate surface area is 157 Å². The zero-order valence-electron chi connectivity index (χ0n) is 16.3. The first-order chi connectivity index (χ1) is 12.7. The van der Waals surface area contributed by atoms with E-state index in [0.29, 0.717) is 5.92 Å². The predicted molar refractivity (Wildman–Crippen MR) is 107 cm³/mol. The van der Waals surface area contributed by atoms with E-state index < -0.39 is 0 Å². The average Bonchev–Trinajstić information content (AvgIpc) is 3.28. The van der Waals surface area contributed by atoms with Gasteiger partial charge in [-0.1, -0.05) is 31.2 Å². The molecule has 140 valence electrons. The summed E-state index contributed by atoms with van der Waals surface area (Å²) in [6.45, 7) is 5.26. The van der Waals surface area contributed by atoms with Gasteiger partial charge in [-0.3, -0.25) is 9.67 Å². The number of guanidine groups is 1. The summed E-state index contributed by atoms with van der Waals surface area (Å²) in [6.07, 6.45) is 8.55. The van der Waals surface area contributed by atoms with Crippen LogP contribution in [0.4, 0.5) is 0 Å². The molecule has 0 aliphatic carbocycles. The Hall–Kier alpha value is -2.30. The molecule has 1 aliphatic heterocycles. The molecular weight excluding hydrogens is 322 g/mol. The van der Waals surface area contributed by atoms with Gasteiger partial charge in [-0.25, -0.2) is 0 Å². The first-order valence-electron chi connectivity index (χ1n) is 9.69. The normalized spacial score (nSPS) is 17.7. The van der Waals surface area contributed by atoms with Crippen molar-refractivity contribution < 1.29 is 0 Å². The summed E-state index contributed by atoms with van der Waals surface area (Å²) in [5.74, 6) is 1.71. The van der Waals surface area contributed by atoms with Gasteiger partial charge in [0.05, 0.1) is 6.20 Å². The van der Waals surface area contributed by atoms with Crippen LogP contribution >= 0.6 is 0 Å². The van der Waals surface area contributed by atoms with Crippen molar-refractivity contribution in [2.24, 2.45) is 18.0 Å². The SMILES string of the molecule is CCc1ccc(CCNC(=NC)N2CCC(Cc3cnn(C)c3)C2)cc1. The number of hydrogen-bond acceptors (Lipinski definition) is 2. The van der Waals surface area contributed by atoms with Crippen molar-refractivity contribution in [1.82, 2.24) is 20.0 Å². The van der Waals surface area contributed by atoms with Gasteiger partial charge >= 0.3 is 0 Å². The maximum Gasteiger partial charge on any atom is 0.193 e. The quantitative estimate of drug-likeness (QED) is 0.641. The highest BCUT2D eigenvalue weighted by Crippen LogP contribution is 2.20. The summed E-state index contributed by atoms with van der Waals surface area (Å²) in [7, 11) is 3.86. The smallest absolute Gasteiger partial charge is 0.193 e. The molecule has 0 bridgehead atoms. The topological polar surface area (TPSA) is 45.5 Å². The van der Waals surface area contributed by atoms with Gasteiger partial charge < -0.3 is 10.2 Å². The molecule has 1 saturated heterocycles. The lowest BCUT2D eigenvalue weighted by Gasteiger charge is -2.21. The number of aromatic nitrogens is 2. The molecule has 5 heteroatoms. The molecule has 0 saturated carbocycles. The summed E-state index contributed by atoms with van der Waals surface area (Å²) in [5.41, 5.74) is 4.10. The van der Waals surface area contributed by atoms with E-state index in [4.69, 9.17) is 0 Å². The van der Waals surface area contributed by atoms with Crippen LogP contribution in [0.3, 0.4) is 0 Å². The molecule has 3 rings (SSSR count). The molecule has 1 aromatic carbocycles. The molecule has 26 heavy (non-hydrogen) atoms. The van der Waals surface area contributed by atoms with Crippen LogP contribution in [0, 0.1) is 5.92 Å². The third-order valence-corrected chi connectivity index (χ3v) is 5.21. The van der Waals surface area contributed by atoms with Gasteiger partial charge in [0, 0.05) is 39.9 Å². The fraction of sp³-hybridized carbons (Fsp3) is 0.524. The Bertz CT molecular complexity index is 716. The minimum atomic E-state index is 0.680. The monoisotopic (exact) mass is 353 g/mol. The van der Waals surface area contributed by atoms with E-state index in [1.165, 1.54) is 23.1 Å². The fourth-order valence-electron chi connectivity index (χ4n) is 3.69. The molecule has 0 radical (unpaired) electrons. The second-order valence-corrected chi connectivity index (χ2v) is 7.22. The highest BCUT2D eigenvalue weighted by atomic mass is 15.3. The van der Waals surface area contributed by atoms with Crippen molar-refractivity contribution in [2.45, 2.75) is 32.6 Å². The molecule has 1 aromatic heterocycles. The Balaban J connectivity index is 1.45. The maximum atomic E-state index is 4.49. The zero-order valence-corrected chi connectivity index (χ0v) is 16.3. The fourth-order valence-corrected chi connectivity index (χ4v) is 3.69. The molecule has 1 fully saturated rings. The maximum absolute atomic E-state index is 4.49. The highest BCUT2D eigenvalue weighted by Gasteiger charge is 2.25. The number of likely N-dealkylation sites (tertiary alicyclic amines) is 1. The number of nitrogens with zero attached hydrogens (tertiary/aromatic N) is 4. The lowest BCUT2D eigenvalue weighted by atomic mass is 10.0. The van der Waals surface area contributed by atoms with Crippen molar-refractivity contribution in [3.05, 3.63) is 53.3 Å². The summed E-state index contributed by atoms with van der Waals surface area (Å²) >= 11 is 0. The number of nitrogens with one attached hydrogen (secondary N) is 1. The van der Waals surface area contributed by atoms with Crippen LogP contribution in [0.5, 0.6) is 0 Å². The number of aliphatic imine (C=N–C) groups is 1. The van der Waals surface area contributed by atoms with Gasteiger partial charge in [-0.2, -0.15) is 5.10 Å². The molecule has 5 nitrogen and oxygen atoms in total. The Kier molecular flexibility index (Phi) is 6.31. The van der Waals surface area contributed by atoms with Gasteiger partial charge in [0.25, 0.3) is 0 Å². The van der Waals surface area contributed by atoms with Gasteiger partial charge in [0.15, 0.2) is 5.96 Å². The first-order valence-corrected chi connectivity index (χ1v) is 9.69. The van der Waals surface area contributed by atoms with Gasteiger partial charge in [0.1, 0.15) is 0 Å². The van der Waals surface area contributed by atoms with Crippen molar-refractivity contribution in [3.63, 3.8) is 0 Å². The molecule has 2 aromatic rings. The summed E-state index contributed by atoms with van der Waals surface area (Å²) in [6, 6.07) is 8.94. The first kappa shape index (κ1) is 18.5. The van der Waals surface area contributed by atoms with Gasteiger partial charge in [0.2, 0.25) is 0 Å². The van der Waals surface area contributed by atoms with Crippen LogP contribution in [0.1, 0.15) is 30.0 Å². The Morgan fingerprint density at radius 1 is 1.23 bits per heavy atom. The summed E-state index contributed by atoms with van der Waals surface area (Å²) in [4.78, 5) is 6.88. The van der Waals surface area contributed by atoms with Crippen LogP contribution in [0.15, 0.2) is 41.7 Å². The number of hydrogen-bond donors (Lipinski definition) is 1. The van der Waals surface area contributed by atoms with E-state index in [0.717, 1.165) is 44.9 Å². The van der Waals surface area contributed by atoms with Crippen LogP contribution < -0.4 is 5.32 Å². The Morgan fingerprint density at radius 2 is 2.00 bits per heavy atom. The molecule has 1 aliphatic rings. The molecule has 1 N–H and O–H groups in total. The molecular formula is C21H31N5. The number of rotatable bonds is 6. The van der Waals surface area contributed by atoms with Crippen LogP contribution in [-0.2, 0) is 26.3 Å². The van der Waals surface area contributed by atoms with E-state index in [2.05, 4.69) is 57.7 Å². The van der Waals surface area contributed by atoms with E-state index in [1.807, 2.05) is 25.0 Å². The lowest BCUT2D eigenvalue weighted by Crippen LogP contribution is -2.41. The van der Waals surface area contributed by atoms with Crippen LogP contribution in [0.25, 0.3) is 0 Å². The standard InChI is InChI=1S/C21H31N5/c1-4-17-5-7-18(8-6-17)9-11-23-21(22-2)26-12-10-19(16-26)13-20-14-24-25(3)15-20/h5-8,14-15,19H,4,9-13,16H2,1-3H3,(H,22,23). The molecule has 2 heterocycles. The molecule has 0 amide bonds. The third-order valence-electron chi connectivity index (χ3n) is 5.21. The molecule has 1 atom stereocenters. The second kappa shape index (κ2) is 8.88. The summed E-state index contributed by atoms with van der Waals surface area (Å²) < 4.78 is 1.88. The molecule has 1 unspecified atom stereocenters. The molecule has 0 spiro atoms. The highest BCUT2D eigenvalue weighted by molar-refractivity contribution is 5.80. The van der Waals surface area contributed by atoms with Crippen LogP contribution in [0.2, 0.25) is 0 Å². The van der Waals surface area contributed by atoms with E-state index in [9.17, 15) is 0 Å². The van der Waals surface area contributed by atoms with E-state index in [1.54, 1.807) is 0 Å². The minimum absolute atomic E-state index is 0.680. The third kappa shape index (κ3) is 4.87. The summed E-state index contributed by atoms with van der Waals surface area (Å²) in [5, 5.41) is 7.81. The van der Waals surface area contributed by atoms with Crippen molar-refractivity contribution >= 4 is 5.96 Å². The van der Waals surface area contributed by atoms with Gasteiger partial charge in [-0.05, 0) is 48.3 Å². The second-order valence-electron chi connectivity index (χ2n) is 7.22. The average molecular weight is 354 g/mol.